The molecule has 0 spiro atoms. The number of morpholine rings is 1. The van der Waals surface area contributed by atoms with Crippen molar-refractivity contribution >= 4 is 45.0 Å². The Bertz CT molecular complexity index is 811. The van der Waals surface area contributed by atoms with Gasteiger partial charge in [0.2, 0.25) is 5.91 Å². The van der Waals surface area contributed by atoms with E-state index in [1.54, 1.807) is 14.2 Å². The van der Waals surface area contributed by atoms with Gasteiger partial charge < -0.3 is 14.2 Å². The van der Waals surface area contributed by atoms with Crippen LogP contribution in [0.4, 0.5) is 5.13 Å². The largest absolute Gasteiger partial charge is 0.495 e. The minimum Gasteiger partial charge on any atom is -0.495 e. The Kier molecular flexibility index (Phi) is 8.16. The number of amides is 1. The third-order valence-corrected chi connectivity index (χ3v) is 6.90. The Morgan fingerprint density at radius 3 is 2.57 bits per heavy atom. The summed E-state index contributed by atoms with van der Waals surface area (Å²) in [4.78, 5) is 22.3. The van der Waals surface area contributed by atoms with Gasteiger partial charge in [-0.2, -0.15) is 0 Å². The van der Waals surface area contributed by atoms with Crippen molar-refractivity contribution < 1.29 is 19.0 Å². The molecule has 1 aliphatic carbocycles. The van der Waals surface area contributed by atoms with Crippen molar-refractivity contribution in [3.05, 3.63) is 12.1 Å². The fourth-order valence-corrected chi connectivity index (χ4v) is 4.95. The third kappa shape index (κ3) is 4.82. The normalized spacial score (nSPS) is 17.3. The van der Waals surface area contributed by atoms with E-state index in [-0.39, 0.29) is 24.2 Å². The molecule has 9 heteroatoms. The molecule has 1 saturated carbocycles. The Morgan fingerprint density at radius 1 is 1.23 bits per heavy atom. The molecular weight excluding hydrogens is 426 g/mol. The fraction of sp³-hybridized carbons (Fsp3) is 0.619. The Balaban J connectivity index is 0.00000256. The van der Waals surface area contributed by atoms with Gasteiger partial charge >= 0.3 is 0 Å². The van der Waals surface area contributed by atoms with Gasteiger partial charge in [0.1, 0.15) is 21.7 Å². The summed E-state index contributed by atoms with van der Waals surface area (Å²) in [6, 6.07) is 3.75. The van der Waals surface area contributed by atoms with Gasteiger partial charge in [0, 0.05) is 32.1 Å². The zero-order chi connectivity index (χ0) is 20.2. The first kappa shape index (κ1) is 23.1. The fourth-order valence-electron chi connectivity index (χ4n) is 3.84. The number of hydrogen-bond donors (Lipinski definition) is 0. The summed E-state index contributed by atoms with van der Waals surface area (Å²) in [6.45, 7) is 5.16. The third-order valence-electron chi connectivity index (χ3n) is 5.81. The molecule has 1 aromatic heterocycles. The van der Waals surface area contributed by atoms with Crippen LogP contribution in [0.2, 0.25) is 0 Å². The standard InChI is InChI=1S/C21H29N3O4S.ClH/c1-26-16-7-8-17(27-2)19-18(16)22-21(29-19)24(20(25)15-5-3-6-15)10-4-9-23-11-13-28-14-12-23;/h7-8,15H,3-6,9-14H2,1-2H3;1H. The van der Waals surface area contributed by atoms with Crippen LogP contribution in [0.1, 0.15) is 25.7 Å². The molecule has 2 aromatic rings. The van der Waals surface area contributed by atoms with Crippen LogP contribution < -0.4 is 14.4 Å². The zero-order valence-electron chi connectivity index (χ0n) is 17.6. The molecule has 7 nitrogen and oxygen atoms in total. The summed E-state index contributed by atoms with van der Waals surface area (Å²) in [5.41, 5.74) is 0.756. The summed E-state index contributed by atoms with van der Waals surface area (Å²) in [5, 5.41) is 0.738. The molecule has 1 aromatic carbocycles. The van der Waals surface area contributed by atoms with Crippen LogP contribution in [0.15, 0.2) is 12.1 Å². The molecule has 1 amide bonds. The zero-order valence-corrected chi connectivity index (χ0v) is 19.2. The monoisotopic (exact) mass is 455 g/mol. The lowest BCUT2D eigenvalue weighted by Crippen LogP contribution is -2.42. The van der Waals surface area contributed by atoms with E-state index in [2.05, 4.69) is 4.90 Å². The number of aromatic nitrogens is 1. The van der Waals surface area contributed by atoms with Crippen LogP contribution >= 0.6 is 23.7 Å². The van der Waals surface area contributed by atoms with Gasteiger partial charge in [0.05, 0.1) is 27.4 Å². The second-order valence-corrected chi connectivity index (χ2v) is 8.55. The van der Waals surface area contributed by atoms with Crippen LogP contribution in [0.25, 0.3) is 10.2 Å². The van der Waals surface area contributed by atoms with Crippen LogP contribution in [0.3, 0.4) is 0 Å². The minimum absolute atomic E-state index is 0. The SMILES string of the molecule is COc1ccc(OC)c2sc(N(CCCN3CCOCC3)C(=O)C3CCC3)nc12.Cl. The maximum atomic E-state index is 13.2. The van der Waals surface area contributed by atoms with Gasteiger partial charge in [-0.05, 0) is 31.4 Å². The molecule has 1 aliphatic heterocycles. The molecule has 1 saturated heterocycles. The molecule has 0 bridgehead atoms. The average Bonchev–Trinajstić information content (AvgIpc) is 3.14. The maximum Gasteiger partial charge on any atom is 0.231 e. The van der Waals surface area contributed by atoms with Crippen LogP contribution in [-0.2, 0) is 9.53 Å². The van der Waals surface area contributed by atoms with Crippen molar-refractivity contribution in [3.63, 3.8) is 0 Å². The highest BCUT2D eigenvalue weighted by Gasteiger charge is 2.32. The molecule has 2 aliphatic rings. The molecule has 166 valence electrons. The molecule has 0 N–H and O–H groups in total. The lowest BCUT2D eigenvalue weighted by atomic mass is 9.84. The number of carbonyl (C=O) groups excluding carboxylic acids is 1. The predicted molar refractivity (Wildman–Crippen MR) is 122 cm³/mol. The first-order chi connectivity index (χ1) is 14.2. The average molecular weight is 456 g/mol. The first-order valence-electron chi connectivity index (χ1n) is 10.3. The molecule has 0 atom stereocenters. The van der Waals surface area contributed by atoms with Crippen molar-refractivity contribution in [2.45, 2.75) is 25.7 Å². The van der Waals surface area contributed by atoms with Gasteiger partial charge in [-0.3, -0.25) is 14.6 Å². The number of nitrogens with zero attached hydrogens (tertiary/aromatic N) is 3. The lowest BCUT2D eigenvalue weighted by molar-refractivity contribution is -0.124. The Morgan fingerprint density at radius 2 is 1.93 bits per heavy atom. The molecule has 30 heavy (non-hydrogen) atoms. The number of thiazole rings is 1. The van der Waals surface area contributed by atoms with Crippen molar-refractivity contribution in [2.24, 2.45) is 5.92 Å². The molecule has 0 radical (unpaired) electrons. The highest BCUT2D eigenvalue weighted by atomic mass is 35.5. The van der Waals surface area contributed by atoms with Crippen molar-refractivity contribution in [2.75, 3.05) is 58.5 Å². The number of benzene rings is 1. The number of rotatable bonds is 8. The number of fused-ring (bicyclic) bond motifs is 1. The first-order valence-corrected chi connectivity index (χ1v) is 11.2. The van der Waals surface area contributed by atoms with Gasteiger partial charge in [-0.15, -0.1) is 12.4 Å². The van der Waals surface area contributed by atoms with E-state index < -0.39 is 0 Å². The van der Waals surface area contributed by atoms with Gasteiger partial charge in [0.15, 0.2) is 5.13 Å². The number of ether oxygens (including phenoxy) is 3. The summed E-state index contributed by atoms with van der Waals surface area (Å²) < 4.78 is 17.3. The van der Waals surface area contributed by atoms with Crippen LogP contribution in [0.5, 0.6) is 11.5 Å². The maximum absolute atomic E-state index is 13.2. The number of hydrogen-bond acceptors (Lipinski definition) is 7. The van der Waals surface area contributed by atoms with Crippen LogP contribution in [0, 0.1) is 5.92 Å². The quantitative estimate of drug-likeness (QED) is 0.606. The van der Waals surface area contributed by atoms with Gasteiger partial charge in [-0.1, -0.05) is 17.8 Å². The molecule has 0 unspecified atom stereocenters. The minimum atomic E-state index is 0. The summed E-state index contributed by atoms with van der Waals surface area (Å²) in [6.07, 6.45) is 4.02. The second-order valence-electron chi connectivity index (χ2n) is 7.57. The van der Waals surface area contributed by atoms with Crippen LogP contribution in [-0.4, -0.2) is 69.4 Å². The van der Waals surface area contributed by atoms with Crippen molar-refractivity contribution in [1.82, 2.24) is 9.88 Å². The highest BCUT2D eigenvalue weighted by Crippen LogP contribution is 2.41. The molecule has 2 heterocycles. The molecular formula is C21H30ClN3O4S. The van der Waals surface area contributed by atoms with E-state index in [9.17, 15) is 4.79 Å². The summed E-state index contributed by atoms with van der Waals surface area (Å²) >= 11 is 1.51. The van der Waals surface area contributed by atoms with E-state index in [1.807, 2.05) is 17.0 Å². The lowest BCUT2D eigenvalue weighted by Gasteiger charge is -2.31. The number of methoxy groups -OCH3 is 2. The summed E-state index contributed by atoms with van der Waals surface area (Å²) in [5.74, 6) is 1.80. The van der Waals surface area contributed by atoms with E-state index >= 15 is 0 Å². The van der Waals surface area contributed by atoms with Crippen molar-refractivity contribution in [1.29, 1.82) is 0 Å². The number of anilines is 1. The van der Waals surface area contributed by atoms with E-state index in [0.717, 1.165) is 79.6 Å². The Hall–Kier alpha value is -1.61. The van der Waals surface area contributed by atoms with Crippen molar-refractivity contribution in [3.8, 4) is 11.5 Å². The number of halogens is 1. The van der Waals surface area contributed by atoms with Gasteiger partial charge in [0.25, 0.3) is 0 Å². The number of carbonyl (C=O) groups is 1. The topological polar surface area (TPSA) is 64.1 Å². The predicted octanol–water partition coefficient (Wildman–Crippen LogP) is 3.59. The molecule has 2 fully saturated rings. The Labute approximate surface area is 187 Å². The summed E-state index contributed by atoms with van der Waals surface area (Å²) in [7, 11) is 3.29. The van der Waals surface area contributed by atoms with E-state index in [0.29, 0.717) is 12.3 Å². The van der Waals surface area contributed by atoms with Gasteiger partial charge in [-0.25, -0.2) is 4.98 Å². The second kappa shape index (κ2) is 10.6. The smallest absolute Gasteiger partial charge is 0.231 e. The highest BCUT2D eigenvalue weighted by molar-refractivity contribution is 7.22. The van der Waals surface area contributed by atoms with E-state index in [4.69, 9.17) is 19.2 Å². The van der Waals surface area contributed by atoms with E-state index in [1.165, 1.54) is 11.3 Å². The molecule has 4 rings (SSSR count).